The largest absolute Gasteiger partial charge is 0.426 e. The van der Waals surface area contributed by atoms with E-state index in [-0.39, 0.29) is 11.4 Å². The minimum Gasteiger partial charge on any atom is -0.426 e. The number of benzene rings is 1. The Morgan fingerprint density at radius 3 is 2.65 bits per heavy atom. The minimum atomic E-state index is -0.394. The van der Waals surface area contributed by atoms with Crippen LogP contribution in [0.2, 0.25) is 0 Å². The summed E-state index contributed by atoms with van der Waals surface area (Å²) >= 11 is 0. The van der Waals surface area contributed by atoms with Crippen LogP contribution >= 0.6 is 0 Å². The summed E-state index contributed by atoms with van der Waals surface area (Å²) in [5, 5.41) is 0. The van der Waals surface area contributed by atoms with Crippen molar-refractivity contribution in [2.45, 2.75) is 45.4 Å². The molecule has 1 atom stereocenters. The third kappa shape index (κ3) is 1.18. The topological polar surface area (TPSA) is 26.3 Å². The standard InChI is InChI=1S/C15H18O2/c1-10-5-6-12-11(9-10)15(13(16)17-12)8-4-7-14(15,2)3/h5-6,9H,4,7-8H2,1-3H3/t15-/m1/s1. The van der Waals surface area contributed by atoms with Crippen molar-refractivity contribution in [2.75, 3.05) is 0 Å². The van der Waals surface area contributed by atoms with Crippen LogP contribution in [0.4, 0.5) is 0 Å². The molecular formula is C15H18O2. The van der Waals surface area contributed by atoms with Gasteiger partial charge < -0.3 is 4.74 Å². The lowest BCUT2D eigenvalue weighted by Crippen LogP contribution is -2.42. The van der Waals surface area contributed by atoms with Gasteiger partial charge in [-0.1, -0.05) is 38.0 Å². The Morgan fingerprint density at radius 2 is 2.00 bits per heavy atom. The molecule has 1 fully saturated rings. The lowest BCUT2D eigenvalue weighted by atomic mass is 9.64. The van der Waals surface area contributed by atoms with Crippen molar-refractivity contribution in [3.8, 4) is 5.75 Å². The molecule has 0 saturated heterocycles. The molecule has 1 aromatic rings. The maximum Gasteiger partial charge on any atom is 0.322 e. The molecule has 1 saturated carbocycles. The molecule has 0 radical (unpaired) electrons. The normalized spacial score (nSPS) is 29.5. The van der Waals surface area contributed by atoms with E-state index >= 15 is 0 Å². The molecular weight excluding hydrogens is 212 g/mol. The zero-order valence-corrected chi connectivity index (χ0v) is 10.7. The highest BCUT2D eigenvalue weighted by Crippen LogP contribution is 2.59. The van der Waals surface area contributed by atoms with Gasteiger partial charge >= 0.3 is 5.97 Å². The highest BCUT2D eigenvalue weighted by Gasteiger charge is 2.60. The molecule has 0 amide bonds. The molecule has 1 aliphatic carbocycles. The van der Waals surface area contributed by atoms with Gasteiger partial charge in [0.1, 0.15) is 11.2 Å². The summed E-state index contributed by atoms with van der Waals surface area (Å²) in [6, 6.07) is 6.08. The highest BCUT2D eigenvalue weighted by atomic mass is 16.5. The molecule has 2 aliphatic rings. The maximum atomic E-state index is 12.4. The first-order valence-electron chi connectivity index (χ1n) is 6.31. The minimum absolute atomic E-state index is 0.00310. The van der Waals surface area contributed by atoms with E-state index in [1.807, 2.05) is 12.1 Å². The van der Waals surface area contributed by atoms with E-state index in [0.717, 1.165) is 30.6 Å². The fourth-order valence-electron chi connectivity index (χ4n) is 3.59. The quantitative estimate of drug-likeness (QED) is 0.504. The Morgan fingerprint density at radius 1 is 1.24 bits per heavy atom. The van der Waals surface area contributed by atoms with Gasteiger partial charge in [0.05, 0.1) is 0 Å². The van der Waals surface area contributed by atoms with E-state index in [1.54, 1.807) is 0 Å². The lowest BCUT2D eigenvalue weighted by molar-refractivity contribution is -0.141. The van der Waals surface area contributed by atoms with Crippen molar-refractivity contribution in [3.63, 3.8) is 0 Å². The fraction of sp³-hybridized carbons (Fsp3) is 0.533. The SMILES string of the molecule is Cc1ccc2c(c1)[C@]1(CCCC1(C)C)C(=O)O2. The van der Waals surface area contributed by atoms with Crippen LogP contribution < -0.4 is 4.74 Å². The van der Waals surface area contributed by atoms with Crippen LogP contribution in [0.25, 0.3) is 0 Å². The number of ether oxygens (including phenoxy) is 1. The Balaban J connectivity index is 2.26. The number of fused-ring (bicyclic) bond motifs is 2. The van der Waals surface area contributed by atoms with E-state index in [9.17, 15) is 4.79 Å². The zero-order chi connectivity index (χ0) is 12.3. The molecule has 1 heterocycles. The highest BCUT2D eigenvalue weighted by molar-refractivity contribution is 5.92. The van der Waals surface area contributed by atoms with Gasteiger partial charge in [-0.3, -0.25) is 4.79 Å². The summed E-state index contributed by atoms with van der Waals surface area (Å²) in [4.78, 5) is 12.4. The molecule has 0 N–H and O–H groups in total. The number of carbonyl (C=O) groups is 1. The Labute approximate surface area is 102 Å². The van der Waals surface area contributed by atoms with Gasteiger partial charge in [0.25, 0.3) is 0 Å². The third-order valence-corrected chi connectivity index (χ3v) is 4.65. The van der Waals surface area contributed by atoms with Gasteiger partial charge in [0, 0.05) is 5.56 Å². The summed E-state index contributed by atoms with van der Waals surface area (Å²) < 4.78 is 5.50. The summed E-state index contributed by atoms with van der Waals surface area (Å²) in [7, 11) is 0. The van der Waals surface area contributed by atoms with Gasteiger partial charge in [-0.25, -0.2) is 0 Å². The third-order valence-electron chi connectivity index (χ3n) is 4.65. The molecule has 0 aromatic heterocycles. The molecule has 2 nitrogen and oxygen atoms in total. The van der Waals surface area contributed by atoms with Crippen molar-refractivity contribution in [2.24, 2.45) is 5.41 Å². The average Bonchev–Trinajstić information content (AvgIpc) is 2.70. The first kappa shape index (κ1) is 10.8. The van der Waals surface area contributed by atoms with Gasteiger partial charge in [-0.2, -0.15) is 0 Å². The molecule has 17 heavy (non-hydrogen) atoms. The van der Waals surface area contributed by atoms with Crippen molar-refractivity contribution < 1.29 is 9.53 Å². The first-order chi connectivity index (χ1) is 7.97. The summed E-state index contributed by atoms with van der Waals surface area (Å²) in [5.41, 5.74) is 1.92. The van der Waals surface area contributed by atoms with E-state index < -0.39 is 5.41 Å². The molecule has 1 aliphatic heterocycles. The number of esters is 1. The Kier molecular flexibility index (Phi) is 1.99. The smallest absolute Gasteiger partial charge is 0.322 e. The second-order valence-corrected chi connectivity index (χ2v) is 6.03. The fourth-order valence-corrected chi connectivity index (χ4v) is 3.59. The second-order valence-electron chi connectivity index (χ2n) is 6.03. The maximum absolute atomic E-state index is 12.4. The monoisotopic (exact) mass is 230 g/mol. The number of hydrogen-bond donors (Lipinski definition) is 0. The predicted molar refractivity (Wildman–Crippen MR) is 66.1 cm³/mol. The number of aryl methyl sites for hydroxylation is 1. The van der Waals surface area contributed by atoms with Gasteiger partial charge in [0.2, 0.25) is 0 Å². The first-order valence-corrected chi connectivity index (χ1v) is 6.31. The molecule has 3 rings (SSSR count). The van der Waals surface area contributed by atoms with E-state index in [2.05, 4.69) is 26.8 Å². The van der Waals surface area contributed by atoms with Crippen LogP contribution in [0, 0.1) is 12.3 Å². The molecule has 0 unspecified atom stereocenters. The van der Waals surface area contributed by atoms with Gasteiger partial charge in [-0.15, -0.1) is 0 Å². The second kappa shape index (κ2) is 3.12. The molecule has 2 heteroatoms. The molecule has 0 bridgehead atoms. The van der Waals surface area contributed by atoms with Crippen LogP contribution in [0.1, 0.15) is 44.2 Å². The average molecular weight is 230 g/mol. The molecule has 90 valence electrons. The summed E-state index contributed by atoms with van der Waals surface area (Å²) in [6.45, 7) is 6.45. The predicted octanol–water partition coefficient (Wildman–Crippen LogP) is 3.36. The van der Waals surface area contributed by atoms with E-state index in [4.69, 9.17) is 4.74 Å². The van der Waals surface area contributed by atoms with Crippen molar-refractivity contribution >= 4 is 5.97 Å². The van der Waals surface area contributed by atoms with Gasteiger partial charge in [0.15, 0.2) is 0 Å². The summed E-state index contributed by atoms with van der Waals surface area (Å²) in [6.07, 6.45) is 3.13. The summed E-state index contributed by atoms with van der Waals surface area (Å²) in [5.74, 6) is 0.733. The zero-order valence-electron chi connectivity index (χ0n) is 10.7. The lowest BCUT2D eigenvalue weighted by Gasteiger charge is -2.35. The van der Waals surface area contributed by atoms with Crippen molar-refractivity contribution in [3.05, 3.63) is 29.3 Å². The molecule has 1 aromatic carbocycles. The Hall–Kier alpha value is -1.31. The van der Waals surface area contributed by atoms with E-state index in [0.29, 0.717) is 0 Å². The number of hydrogen-bond acceptors (Lipinski definition) is 2. The Bertz CT molecular complexity index is 502. The van der Waals surface area contributed by atoms with Crippen molar-refractivity contribution in [1.82, 2.24) is 0 Å². The van der Waals surface area contributed by atoms with Crippen LogP contribution in [-0.4, -0.2) is 5.97 Å². The van der Waals surface area contributed by atoms with Gasteiger partial charge in [-0.05, 0) is 31.2 Å². The number of rotatable bonds is 0. The molecule has 1 spiro atoms. The van der Waals surface area contributed by atoms with E-state index in [1.165, 1.54) is 5.56 Å². The number of carbonyl (C=O) groups excluding carboxylic acids is 1. The van der Waals surface area contributed by atoms with Crippen LogP contribution in [0.5, 0.6) is 5.75 Å². The van der Waals surface area contributed by atoms with Crippen molar-refractivity contribution in [1.29, 1.82) is 0 Å². The van der Waals surface area contributed by atoms with Crippen LogP contribution in [0.15, 0.2) is 18.2 Å². The van der Waals surface area contributed by atoms with Crippen LogP contribution in [0.3, 0.4) is 0 Å². The van der Waals surface area contributed by atoms with Crippen LogP contribution in [-0.2, 0) is 10.2 Å².